The van der Waals surface area contributed by atoms with Gasteiger partial charge in [-0.25, -0.2) is 13.2 Å². The summed E-state index contributed by atoms with van der Waals surface area (Å²) in [4.78, 5) is 62.0. The van der Waals surface area contributed by atoms with Crippen molar-refractivity contribution in [3.05, 3.63) is 72.3 Å². The molecule has 0 unspecified atom stereocenters. The quantitative estimate of drug-likeness (QED) is 0.134. The second-order valence-corrected chi connectivity index (χ2v) is 16.6. The number of hydrogen-bond acceptors (Lipinski definition) is 10. The highest BCUT2D eigenvalue weighted by Gasteiger charge is 2.62. The third kappa shape index (κ3) is 7.16. The number of likely N-dealkylation sites (tertiary alicyclic amines) is 1. The number of nitrogens with zero attached hydrogens (tertiary/aromatic N) is 3. The maximum absolute atomic E-state index is 14.3. The van der Waals surface area contributed by atoms with Crippen LogP contribution in [0.25, 0.3) is 11.1 Å². The molecule has 2 aromatic rings. The monoisotopic (exact) mass is 735 g/mol. The third-order valence-electron chi connectivity index (χ3n) is 9.92. The Labute approximate surface area is 303 Å². The van der Waals surface area contributed by atoms with Crippen LogP contribution in [0.5, 0.6) is 0 Å². The zero-order chi connectivity index (χ0) is 37.5. The number of hydrogen-bond donors (Lipinski definition) is 3. The smallest absolute Gasteiger partial charge is 0.434 e. The molecule has 0 bridgehead atoms. The van der Waals surface area contributed by atoms with E-state index < -0.39 is 74.7 Å². The van der Waals surface area contributed by atoms with Crippen molar-refractivity contribution in [1.82, 2.24) is 20.0 Å². The van der Waals surface area contributed by atoms with Crippen LogP contribution in [0.2, 0.25) is 0 Å². The molecule has 0 spiro atoms. The Kier molecular flexibility index (Phi) is 10.2. The van der Waals surface area contributed by atoms with E-state index in [9.17, 15) is 32.8 Å². The molecule has 6 rings (SSSR count). The Morgan fingerprint density at radius 3 is 2.15 bits per heavy atom. The molecule has 3 aliphatic carbocycles. The summed E-state index contributed by atoms with van der Waals surface area (Å²) < 4.78 is 32.6. The average molecular weight is 736 g/mol. The number of nitrogens with one attached hydrogen (secondary N) is 2. The standard InChI is InChI=1S/C37H45N5O9S/c1-6-23-18-37(23,35(45)40-52(48,49)25-15-16-25)38-33(43)30-17-24(19-41(30)34(44)32(22(4)5)42(47)36(46)50-20-21(2)3)51-39-31-28-13-9-7-11-26(28)27-12-8-10-14-29(27)31/h6-14,21-25,30,32,47H,1,15-20H2,2-5H3,(H,38,43)(H,40,45)/t23-,24-,30+,32-,37+/m1/s1. The van der Waals surface area contributed by atoms with Gasteiger partial charge in [0.25, 0.3) is 5.91 Å². The minimum atomic E-state index is -3.92. The Morgan fingerprint density at radius 1 is 1.04 bits per heavy atom. The molecule has 3 N–H and O–H groups in total. The molecular weight excluding hydrogens is 691 g/mol. The van der Waals surface area contributed by atoms with Gasteiger partial charge in [0.2, 0.25) is 21.8 Å². The van der Waals surface area contributed by atoms with E-state index in [1.54, 1.807) is 13.8 Å². The summed E-state index contributed by atoms with van der Waals surface area (Å²) in [7, 11) is -3.92. The van der Waals surface area contributed by atoms with Crippen LogP contribution in [0.1, 0.15) is 64.5 Å². The molecule has 3 fully saturated rings. The Bertz CT molecular complexity index is 1860. The largest absolute Gasteiger partial charge is 0.448 e. The Balaban J connectivity index is 1.28. The normalized spacial score (nSPS) is 23.7. The SMILES string of the molecule is C=C[C@@H]1C[C@@]1(NC(=O)[C@@H]1C[C@@H](ON=C2c3ccccc3-c3ccccc32)CN1C(=O)[C@@H](C(C)C)N(O)C(=O)OCC(C)C)C(=O)NS(=O)(=O)C1CC1. The lowest BCUT2D eigenvalue weighted by atomic mass is 10.0. The van der Waals surface area contributed by atoms with Gasteiger partial charge < -0.3 is 19.8 Å². The zero-order valence-corrected chi connectivity index (χ0v) is 30.5. The van der Waals surface area contributed by atoms with Crippen molar-refractivity contribution in [2.24, 2.45) is 22.9 Å². The fraction of sp³-hybridized carbons (Fsp3) is 0.486. The van der Waals surface area contributed by atoms with Gasteiger partial charge in [0.05, 0.1) is 18.4 Å². The van der Waals surface area contributed by atoms with Gasteiger partial charge in [-0.2, -0.15) is 5.06 Å². The lowest BCUT2D eigenvalue weighted by Crippen LogP contribution is -2.59. The predicted molar refractivity (Wildman–Crippen MR) is 190 cm³/mol. The van der Waals surface area contributed by atoms with E-state index in [-0.39, 0.29) is 37.0 Å². The molecule has 2 saturated carbocycles. The summed E-state index contributed by atoms with van der Waals surface area (Å²) >= 11 is 0. The molecule has 4 amide bonds. The molecule has 15 heteroatoms. The van der Waals surface area contributed by atoms with Gasteiger partial charge in [0.1, 0.15) is 29.4 Å². The van der Waals surface area contributed by atoms with Crippen molar-refractivity contribution in [3.63, 3.8) is 0 Å². The molecule has 5 atom stereocenters. The van der Waals surface area contributed by atoms with Gasteiger partial charge in [-0.1, -0.05) is 87.5 Å². The van der Waals surface area contributed by atoms with Gasteiger partial charge in [-0.3, -0.25) is 24.3 Å². The number of hydroxylamine groups is 2. The number of fused-ring (bicyclic) bond motifs is 3. The van der Waals surface area contributed by atoms with E-state index in [0.29, 0.717) is 18.6 Å². The van der Waals surface area contributed by atoms with Gasteiger partial charge in [0.15, 0.2) is 0 Å². The molecule has 278 valence electrons. The van der Waals surface area contributed by atoms with Crippen LogP contribution in [0, 0.1) is 17.8 Å². The average Bonchev–Trinajstić information content (AvgIpc) is 4.02. The van der Waals surface area contributed by atoms with Crippen LogP contribution >= 0.6 is 0 Å². The summed E-state index contributed by atoms with van der Waals surface area (Å²) in [6.07, 6.45) is 0.497. The van der Waals surface area contributed by atoms with Crippen LogP contribution in [0.3, 0.4) is 0 Å². The number of carbonyl (C=O) groups excluding carboxylic acids is 4. The van der Waals surface area contributed by atoms with Crippen molar-refractivity contribution in [3.8, 4) is 11.1 Å². The van der Waals surface area contributed by atoms with E-state index in [4.69, 9.17) is 9.57 Å². The number of oxime groups is 1. The van der Waals surface area contributed by atoms with E-state index in [0.717, 1.165) is 22.3 Å². The molecule has 2 aromatic carbocycles. The first-order chi connectivity index (χ1) is 24.7. The lowest BCUT2D eigenvalue weighted by molar-refractivity contribution is -0.163. The summed E-state index contributed by atoms with van der Waals surface area (Å²) in [6, 6.07) is 12.8. The van der Waals surface area contributed by atoms with Gasteiger partial charge in [-0.15, -0.1) is 6.58 Å². The van der Waals surface area contributed by atoms with Crippen LogP contribution < -0.4 is 10.0 Å². The maximum atomic E-state index is 14.3. The summed E-state index contributed by atoms with van der Waals surface area (Å²) in [5.41, 5.74) is 2.69. The molecule has 1 saturated heterocycles. The summed E-state index contributed by atoms with van der Waals surface area (Å²) in [6.45, 7) is 10.5. The van der Waals surface area contributed by atoms with Gasteiger partial charge in [-0.05, 0) is 42.2 Å². The lowest BCUT2D eigenvalue weighted by Gasteiger charge is -2.33. The third-order valence-corrected chi connectivity index (χ3v) is 11.7. The molecule has 52 heavy (non-hydrogen) atoms. The van der Waals surface area contributed by atoms with Crippen LogP contribution in [0.4, 0.5) is 4.79 Å². The van der Waals surface area contributed by atoms with Crippen LogP contribution in [-0.2, 0) is 34.0 Å². The summed E-state index contributed by atoms with van der Waals surface area (Å²) in [5.74, 6) is -3.55. The highest BCUT2D eigenvalue weighted by Crippen LogP contribution is 2.45. The van der Waals surface area contributed by atoms with Gasteiger partial charge in [0, 0.05) is 23.5 Å². The molecule has 14 nitrogen and oxygen atoms in total. The van der Waals surface area contributed by atoms with E-state index in [1.165, 1.54) is 11.0 Å². The number of ether oxygens (including phenoxy) is 1. The van der Waals surface area contributed by atoms with Crippen molar-refractivity contribution in [2.45, 2.75) is 82.4 Å². The maximum Gasteiger partial charge on any atom is 0.434 e. The first-order valence-electron chi connectivity index (χ1n) is 17.6. The topological polar surface area (TPSA) is 184 Å². The second-order valence-electron chi connectivity index (χ2n) is 14.7. The van der Waals surface area contributed by atoms with Gasteiger partial charge >= 0.3 is 6.09 Å². The molecule has 1 aliphatic heterocycles. The Hall–Kier alpha value is -4.76. The summed E-state index contributed by atoms with van der Waals surface area (Å²) in [5, 5.41) is 17.8. The highest BCUT2D eigenvalue weighted by atomic mass is 32.2. The van der Waals surface area contributed by atoms with Crippen LogP contribution in [0.15, 0.2) is 66.3 Å². The number of carbonyl (C=O) groups is 4. The van der Waals surface area contributed by atoms with E-state index in [2.05, 4.69) is 21.8 Å². The van der Waals surface area contributed by atoms with Crippen LogP contribution in [-0.4, -0.2) is 95.2 Å². The molecule has 0 radical (unpaired) electrons. The van der Waals surface area contributed by atoms with E-state index >= 15 is 0 Å². The minimum absolute atomic E-state index is 0.0111. The van der Waals surface area contributed by atoms with E-state index in [1.807, 2.05) is 62.4 Å². The fourth-order valence-corrected chi connectivity index (χ4v) is 8.23. The molecular formula is C37H45N5O9S. The minimum Gasteiger partial charge on any atom is -0.448 e. The first kappa shape index (κ1) is 37.0. The number of benzene rings is 2. The molecule has 0 aromatic heterocycles. The Morgan fingerprint density at radius 2 is 1.63 bits per heavy atom. The van der Waals surface area contributed by atoms with Crippen molar-refractivity contribution < 1.29 is 42.4 Å². The number of rotatable bonds is 13. The fourth-order valence-electron chi connectivity index (χ4n) is 6.86. The predicted octanol–water partition coefficient (Wildman–Crippen LogP) is 3.58. The van der Waals surface area contributed by atoms with Crippen molar-refractivity contribution in [2.75, 3.05) is 13.2 Å². The molecule has 4 aliphatic rings. The highest BCUT2D eigenvalue weighted by molar-refractivity contribution is 7.91. The second kappa shape index (κ2) is 14.3. The number of sulfonamides is 1. The molecule has 1 heterocycles. The first-order valence-corrected chi connectivity index (χ1v) is 19.1. The zero-order valence-electron chi connectivity index (χ0n) is 29.7. The van der Waals surface area contributed by atoms with Crippen molar-refractivity contribution >= 4 is 39.5 Å². The van der Waals surface area contributed by atoms with Crippen molar-refractivity contribution in [1.29, 1.82) is 0 Å². The number of amides is 4.